The highest BCUT2D eigenvalue weighted by atomic mass is 32.2. The third kappa shape index (κ3) is 3.52. The van der Waals surface area contributed by atoms with Gasteiger partial charge in [0.15, 0.2) is 0 Å². The van der Waals surface area contributed by atoms with E-state index in [1.807, 2.05) is 24.0 Å². The molecule has 0 N–H and O–H groups in total. The molecule has 2 aliphatic rings. The van der Waals surface area contributed by atoms with Crippen LogP contribution in [0.2, 0.25) is 0 Å². The standard InChI is InChI=1S/C17H23N3O2S/c1-2-20-13-8-7-9-18-16(13)23-14(17(20)22)12-15(21)19-10-5-3-4-6-11-19/h7-9,14H,2-6,10-12H2,1H3/t14-/m1/s1. The first kappa shape index (κ1) is 16.3. The quantitative estimate of drug-likeness (QED) is 0.853. The first-order valence-corrected chi connectivity index (χ1v) is 9.29. The first-order chi connectivity index (χ1) is 11.2. The van der Waals surface area contributed by atoms with Gasteiger partial charge < -0.3 is 9.80 Å². The zero-order valence-electron chi connectivity index (χ0n) is 13.5. The highest BCUT2D eigenvalue weighted by Gasteiger charge is 2.35. The van der Waals surface area contributed by atoms with Gasteiger partial charge in [0.1, 0.15) is 5.03 Å². The molecular weight excluding hydrogens is 310 g/mol. The van der Waals surface area contributed by atoms with Crippen molar-refractivity contribution in [1.29, 1.82) is 0 Å². The summed E-state index contributed by atoms with van der Waals surface area (Å²) in [5, 5.41) is 0.496. The monoisotopic (exact) mass is 333 g/mol. The number of aromatic nitrogens is 1. The molecule has 23 heavy (non-hydrogen) atoms. The van der Waals surface area contributed by atoms with Crippen molar-refractivity contribution in [3.63, 3.8) is 0 Å². The Morgan fingerprint density at radius 3 is 2.74 bits per heavy atom. The summed E-state index contributed by atoms with van der Waals surface area (Å²) in [5.41, 5.74) is 0.864. The van der Waals surface area contributed by atoms with Crippen molar-refractivity contribution >= 4 is 29.3 Å². The molecule has 0 radical (unpaired) electrons. The van der Waals surface area contributed by atoms with Crippen LogP contribution in [0.15, 0.2) is 23.4 Å². The Kier molecular flexibility index (Phi) is 5.20. The summed E-state index contributed by atoms with van der Waals surface area (Å²) in [7, 11) is 0. The van der Waals surface area contributed by atoms with E-state index in [1.165, 1.54) is 24.6 Å². The van der Waals surface area contributed by atoms with E-state index < -0.39 is 0 Å². The average molecular weight is 333 g/mol. The molecule has 6 heteroatoms. The van der Waals surface area contributed by atoms with Crippen LogP contribution in [0.25, 0.3) is 0 Å². The Morgan fingerprint density at radius 2 is 2.04 bits per heavy atom. The zero-order chi connectivity index (χ0) is 16.2. The molecule has 3 rings (SSSR count). The number of pyridine rings is 1. The van der Waals surface area contributed by atoms with Crippen molar-refractivity contribution < 1.29 is 9.59 Å². The van der Waals surface area contributed by atoms with Crippen LogP contribution in [0, 0.1) is 0 Å². The third-order valence-electron chi connectivity index (χ3n) is 4.47. The number of anilines is 1. The SMILES string of the molecule is CCN1C(=O)[C@@H](CC(=O)N2CCCCCC2)Sc2ncccc21. The highest BCUT2D eigenvalue weighted by molar-refractivity contribution is 8.00. The van der Waals surface area contributed by atoms with Crippen molar-refractivity contribution in [3.05, 3.63) is 18.3 Å². The van der Waals surface area contributed by atoms with Crippen LogP contribution < -0.4 is 4.90 Å². The van der Waals surface area contributed by atoms with E-state index in [4.69, 9.17) is 0 Å². The summed E-state index contributed by atoms with van der Waals surface area (Å²) < 4.78 is 0. The number of carbonyl (C=O) groups excluding carboxylic acids is 2. The van der Waals surface area contributed by atoms with E-state index in [0.717, 1.165) is 36.6 Å². The topological polar surface area (TPSA) is 53.5 Å². The number of rotatable bonds is 3. The molecule has 0 saturated carbocycles. The van der Waals surface area contributed by atoms with Gasteiger partial charge in [-0.25, -0.2) is 4.98 Å². The molecule has 0 spiro atoms. The molecule has 1 fully saturated rings. The van der Waals surface area contributed by atoms with Gasteiger partial charge in [-0.15, -0.1) is 0 Å². The summed E-state index contributed by atoms with van der Waals surface area (Å²) >= 11 is 1.43. The van der Waals surface area contributed by atoms with Crippen molar-refractivity contribution in [1.82, 2.24) is 9.88 Å². The fourth-order valence-electron chi connectivity index (χ4n) is 3.22. The van der Waals surface area contributed by atoms with E-state index >= 15 is 0 Å². The molecule has 1 atom stereocenters. The molecule has 0 aromatic carbocycles. The van der Waals surface area contributed by atoms with Gasteiger partial charge in [-0.1, -0.05) is 24.6 Å². The fourth-order valence-corrected chi connectivity index (χ4v) is 4.36. The zero-order valence-corrected chi connectivity index (χ0v) is 14.3. The van der Waals surface area contributed by atoms with Crippen LogP contribution in [0.4, 0.5) is 5.69 Å². The Balaban J connectivity index is 1.73. The lowest BCUT2D eigenvalue weighted by atomic mass is 10.2. The van der Waals surface area contributed by atoms with Crippen molar-refractivity contribution in [2.75, 3.05) is 24.5 Å². The summed E-state index contributed by atoms with van der Waals surface area (Å²) in [4.78, 5) is 33.4. The van der Waals surface area contributed by atoms with Gasteiger partial charge in [-0.2, -0.15) is 0 Å². The summed E-state index contributed by atoms with van der Waals surface area (Å²) in [6.45, 7) is 4.22. The molecule has 0 aliphatic carbocycles. The molecule has 2 aliphatic heterocycles. The van der Waals surface area contributed by atoms with Crippen LogP contribution >= 0.6 is 11.8 Å². The number of hydrogen-bond acceptors (Lipinski definition) is 4. The minimum absolute atomic E-state index is 0.0289. The highest BCUT2D eigenvalue weighted by Crippen LogP contribution is 2.38. The molecule has 1 aromatic rings. The normalized spacial score (nSPS) is 21.8. The second kappa shape index (κ2) is 7.34. The van der Waals surface area contributed by atoms with Gasteiger partial charge in [0.2, 0.25) is 11.8 Å². The molecule has 1 aromatic heterocycles. The molecule has 5 nitrogen and oxygen atoms in total. The first-order valence-electron chi connectivity index (χ1n) is 8.41. The Bertz CT molecular complexity index is 585. The van der Waals surface area contributed by atoms with E-state index in [1.54, 1.807) is 11.1 Å². The van der Waals surface area contributed by atoms with Crippen LogP contribution in [0.3, 0.4) is 0 Å². The molecule has 1 saturated heterocycles. The van der Waals surface area contributed by atoms with Crippen LogP contribution in [-0.4, -0.2) is 46.6 Å². The van der Waals surface area contributed by atoms with Gasteiger partial charge in [-0.05, 0) is 31.9 Å². The van der Waals surface area contributed by atoms with E-state index in [-0.39, 0.29) is 23.5 Å². The van der Waals surface area contributed by atoms with Gasteiger partial charge in [0.05, 0.1) is 10.9 Å². The van der Waals surface area contributed by atoms with E-state index in [2.05, 4.69) is 4.98 Å². The Morgan fingerprint density at radius 1 is 1.30 bits per heavy atom. The molecule has 0 bridgehead atoms. The van der Waals surface area contributed by atoms with Crippen LogP contribution in [0.5, 0.6) is 0 Å². The molecule has 3 heterocycles. The van der Waals surface area contributed by atoms with Gasteiger partial charge in [0, 0.05) is 32.3 Å². The van der Waals surface area contributed by atoms with Gasteiger partial charge in [-0.3, -0.25) is 9.59 Å². The fraction of sp³-hybridized carbons (Fsp3) is 0.588. The largest absolute Gasteiger partial charge is 0.343 e. The van der Waals surface area contributed by atoms with Crippen molar-refractivity contribution in [3.8, 4) is 0 Å². The predicted octanol–water partition coefficient (Wildman–Crippen LogP) is 2.70. The van der Waals surface area contributed by atoms with Crippen LogP contribution in [0.1, 0.15) is 39.0 Å². The molecule has 2 amide bonds. The molecule has 0 unspecified atom stereocenters. The predicted molar refractivity (Wildman–Crippen MR) is 91.6 cm³/mol. The Labute approximate surface area is 141 Å². The summed E-state index contributed by atoms with van der Waals surface area (Å²) in [6, 6.07) is 3.77. The lowest BCUT2D eigenvalue weighted by Crippen LogP contribution is -2.44. The molecule has 124 valence electrons. The van der Waals surface area contributed by atoms with Gasteiger partial charge >= 0.3 is 0 Å². The lowest BCUT2D eigenvalue weighted by Gasteiger charge is -2.32. The second-order valence-electron chi connectivity index (χ2n) is 6.02. The maximum Gasteiger partial charge on any atom is 0.241 e. The number of nitrogens with zero attached hydrogens (tertiary/aromatic N) is 3. The Hall–Kier alpha value is -1.56. The number of fused-ring (bicyclic) bond motifs is 1. The van der Waals surface area contributed by atoms with E-state index in [0.29, 0.717) is 6.54 Å². The number of hydrogen-bond donors (Lipinski definition) is 0. The number of carbonyl (C=O) groups is 2. The number of likely N-dealkylation sites (tertiary alicyclic amines) is 1. The average Bonchev–Trinajstić information content (AvgIpc) is 2.85. The smallest absolute Gasteiger partial charge is 0.241 e. The lowest BCUT2D eigenvalue weighted by molar-refractivity contribution is -0.132. The third-order valence-corrected chi connectivity index (χ3v) is 5.66. The summed E-state index contributed by atoms with van der Waals surface area (Å²) in [6.07, 6.45) is 6.55. The van der Waals surface area contributed by atoms with Crippen LogP contribution in [-0.2, 0) is 9.59 Å². The maximum atomic E-state index is 12.7. The molecular formula is C17H23N3O2S. The van der Waals surface area contributed by atoms with Gasteiger partial charge in [0.25, 0.3) is 0 Å². The summed E-state index contributed by atoms with van der Waals surface area (Å²) in [5.74, 6) is 0.134. The van der Waals surface area contributed by atoms with Crippen molar-refractivity contribution in [2.24, 2.45) is 0 Å². The maximum absolute atomic E-state index is 12.7. The minimum Gasteiger partial charge on any atom is -0.343 e. The minimum atomic E-state index is -0.354. The van der Waals surface area contributed by atoms with E-state index in [9.17, 15) is 9.59 Å². The number of amides is 2. The van der Waals surface area contributed by atoms with Crippen molar-refractivity contribution in [2.45, 2.75) is 49.3 Å². The number of thioether (sulfide) groups is 1. The second-order valence-corrected chi connectivity index (χ2v) is 7.21.